The van der Waals surface area contributed by atoms with Crippen LogP contribution in [0.3, 0.4) is 0 Å². The number of nitrogens with zero attached hydrogens (tertiary/aromatic N) is 2. The minimum Gasteiger partial charge on any atom is -0.395 e. The van der Waals surface area contributed by atoms with Crippen LogP contribution in [0.2, 0.25) is 0 Å². The highest BCUT2D eigenvalue weighted by molar-refractivity contribution is 5.40. The molecule has 22 heavy (non-hydrogen) atoms. The summed E-state index contributed by atoms with van der Waals surface area (Å²) in [6.45, 7) is 17.8. The molecule has 2 rings (SSSR count). The molecule has 0 spiro atoms. The van der Waals surface area contributed by atoms with Gasteiger partial charge in [-0.15, -0.1) is 0 Å². The predicted octanol–water partition coefficient (Wildman–Crippen LogP) is 2.71. The Morgan fingerprint density at radius 2 is 1.45 bits per heavy atom. The molecule has 0 amide bonds. The third-order valence-corrected chi connectivity index (χ3v) is 4.82. The van der Waals surface area contributed by atoms with Gasteiger partial charge in [-0.05, 0) is 41.5 Å². The van der Waals surface area contributed by atoms with Gasteiger partial charge in [-0.1, -0.05) is 32.9 Å². The van der Waals surface area contributed by atoms with Gasteiger partial charge >= 0.3 is 0 Å². The van der Waals surface area contributed by atoms with Crippen LogP contribution < -0.4 is 0 Å². The Labute approximate surface area is 135 Å². The summed E-state index contributed by atoms with van der Waals surface area (Å²) in [7, 11) is 0. The Kier molecular flexibility index (Phi) is 5.65. The number of aliphatic hydroxyl groups is 1. The van der Waals surface area contributed by atoms with Crippen molar-refractivity contribution in [2.75, 3.05) is 39.3 Å². The fourth-order valence-electron chi connectivity index (χ4n) is 3.21. The summed E-state index contributed by atoms with van der Waals surface area (Å²) in [4.78, 5) is 4.89. The smallest absolute Gasteiger partial charge is 0.0558 e. The Balaban J connectivity index is 2.05. The van der Waals surface area contributed by atoms with Gasteiger partial charge in [0, 0.05) is 39.3 Å². The van der Waals surface area contributed by atoms with E-state index >= 15 is 0 Å². The van der Waals surface area contributed by atoms with Crippen molar-refractivity contribution in [2.24, 2.45) is 0 Å². The maximum absolute atomic E-state index is 9.03. The Hall–Kier alpha value is -0.900. The molecule has 1 aromatic carbocycles. The molecular formula is C19H32N2O. The third kappa shape index (κ3) is 4.31. The average Bonchev–Trinajstić information content (AvgIpc) is 2.43. The summed E-state index contributed by atoms with van der Waals surface area (Å²) in [6.07, 6.45) is 0. The molecule has 1 N–H and O–H groups in total. The van der Waals surface area contributed by atoms with Gasteiger partial charge in [0.05, 0.1) is 6.61 Å². The normalized spacial score (nSPS) is 17.9. The van der Waals surface area contributed by atoms with E-state index in [0.717, 1.165) is 39.3 Å². The van der Waals surface area contributed by atoms with Gasteiger partial charge in [-0.3, -0.25) is 9.80 Å². The van der Waals surface area contributed by atoms with Crippen LogP contribution in [-0.2, 0) is 12.0 Å². The number of hydrogen-bond acceptors (Lipinski definition) is 3. The molecule has 3 heteroatoms. The standard InChI is InChI=1S/C19H32N2O/c1-15-12-17(19(3,4)5)13-16(2)18(15)14-21-8-6-20(7-9-21)10-11-22/h12-13,22H,6-11,14H2,1-5H3. The van der Waals surface area contributed by atoms with Gasteiger partial charge in [0.1, 0.15) is 0 Å². The summed E-state index contributed by atoms with van der Waals surface area (Å²) in [5.41, 5.74) is 5.97. The number of rotatable bonds is 4. The van der Waals surface area contributed by atoms with Crippen LogP contribution in [0, 0.1) is 13.8 Å². The first kappa shape index (κ1) is 17.5. The monoisotopic (exact) mass is 304 g/mol. The van der Waals surface area contributed by atoms with Crippen molar-refractivity contribution < 1.29 is 5.11 Å². The second-order valence-corrected chi connectivity index (χ2v) is 7.68. The zero-order valence-electron chi connectivity index (χ0n) is 14.9. The Bertz CT molecular complexity index is 474. The quantitative estimate of drug-likeness (QED) is 0.926. The lowest BCUT2D eigenvalue weighted by atomic mass is 9.83. The average molecular weight is 304 g/mol. The molecule has 1 aromatic rings. The molecule has 0 aliphatic carbocycles. The predicted molar refractivity (Wildman–Crippen MR) is 93.4 cm³/mol. The highest BCUT2D eigenvalue weighted by atomic mass is 16.3. The van der Waals surface area contributed by atoms with Crippen LogP contribution in [0.15, 0.2) is 12.1 Å². The molecule has 3 nitrogen and oxygen atoms in total. The highest BCUT2D eigenvalue weighted by Gasteiger charge is 2.20. The fourth-order valence-corrected chi connectivity index (χ4v) is 3.21. The van der Waals surface area contributed by atoms with E-state index in [1.165, 1.54) is 22.3 Å². The first-order valence-corrected chi connectivity index (χ1v) is 8.47. The van der Waals surface area contributed by atoms with Crippen molar-refractivity contribution in [1.29, 1.82) is 0 Å². The SMILES string of the molecule is Cc1cc(C(C)(C)C)cc(C)c1CN1CCN(CCO)CC1. The Morgan fingerprint density at radius 3 is 1.91 bits per heavy atom. The summed E-state index contributed by atoms with van der Waals surface area (Å²) in [5, 5.41) is 9.03. The van der Waals surface area contributed by atoms with Crippen molar-refractivity contribution in [1.82, 2.24) is 9.80 Å². The van der Waals surface area contributed by atoms with Gasteiger partial charge in [0.2, 0.25) is 0 Å². The second-order valence-electron chi connectivity index (χ2n) is 7.68. The molecule has 0 unspecified atom stereocenters. The zero-order valence-corrected chi connectivity index (χ0v) is 14.9. The second kappa shape index (κ2) is 7.12. The van der Waals surface area contributed by atoms with E-state index in [1.807, 2.05) is 0 Å². The lowest BCUT2D eigenvalue weighted by Crippen LogP contribution is -2.46. The Morgan fingerprint density at radius 1 is 0.955 bits per heavy atom. The molecule has 0 radical (unpaired) electrons. The summed E-state index contributed by atoms with van der Waals surface area (Å²) >= 11 is 0. The molecule has 1 heterocycles. The van der Waals surface area contributed by atoms with E-state index in [-0.39, 0.29) is 12.0 Å². The molecule has 0 bridgehead atoms. The number of aryl methyl sites for hydroxylation is 2. The van der Waals surface area contributed by atoms with E-state index in [9.17, 15) is 0 Å². The van der Waals surface area contributed by atoms with E-state index in [4.69, 9.17) is 5.11 Å². The van der Waals surface area contributed by atoms with Crippen LogP contribution in [-0.4, -0.2) is 54.2 Å². The van der Waals surface area contributed by atoms with E-state index < -0.39 is 0 Å². The van der Waals surface area contributed by atoms with Gasteiger partial charge in [0.25, 0.3) is 0 Å². The number of benzene rings is 1. The molecular weight excluding hydrogens is 272 g/mol. The van der Waals surface area contributed by atoms with Gasteiger partial charge in [0.15, 0.2) is 0 Å². The van der Waals surface area contributed by atoms with Crippen LogP contribution in [0.4, 0.5) is 0 Å². The first-order valence-electron chi connectivity index (χ1n) is 8.47. The number of piperazine rings is 1. The minimum atomic E-state index is 0.212. The molecule has 1 aliphatic heterocycles. The van der Waals surface area contributed by atoms with Crippen LogP contribution in [0.1, 0.15) is 43.0 Å². The van der Waals surface area contributed by atoms with Crippen molar-refractivity contribution in [2.45, 2.75) is 46.6 Å². The molecule has 124 valence electrons. The summed E-state index contributed by atoms with van der Waals surface area (Å²) in [5.74, 6) is 0. The van der Waals surface area contributed by atoms with Gasteiger partial charge < -0.3 is 5.11 Å². The van der Waals surface area contributed by atoms with Crippen LogP contribution in [0.25, 0.3) is 0 Å². The van der Waals surface area contributed by atoms with E-state index in [1.54, 1.807) is 0 Å². The maximum atomic E-state index is 9.03. The summed E-state index contributed by atoms with van der Waals surface area (Å²) in [6, 6.07) is 4.73. The van der Waals surface area contributed by atoms with E-state index in [0.29, 0.717) is 0 Å². The van der Waals surface area contributed by atoms with Crippen molar-refractivity contribution in [3.63, 3.8) is 0 Å². The number of hydrogen-bond donors (Lipinski definition) is 1. The lowest BCUT2D eigenvalue weighted by Gasteiger charge is -2.35. The first-order chi connectivity index (χ1) is 10.3. The minimum absolute atomic E-state index is 0.212. The van der Waals surface area contributed by atoms with Crippen LogP contribution >= 0.6 is 0 Å². The van der Waals surface area contributed by atoms with Crippen molar-refractivity contribution in [3.05, 3.63) is 34.4 Å². The molecule has 1 aliphatic rings. The highest BCUT2D eigenvalue weighted by Crippen LogP contribution is 2.27. The maximum Gasteiger partial charge on any atom is 0.0558 e. The van der Waals surface area contributed by atoms with Crippen molar-refractivity contribution >= 4 is 0 Å². The summed E-state index contributed by atoms with van der Waals surface area (Å²) < 4.78 is 0. The lowest BCUT2D eigenvalue weighted by molar-refractivity contribution is 0.108. The van der Waals surface area contributed by atoms with E-state index in [2.05, 4.69) is 56.6 Å². The fraction of sp³-hybridized carbons (Fsp3) is 0.684. The zero-order chi connectivity index (χ0) is 16.3. The topological polar surface area (TPSA) is 26.7 Å². The molecule has 0 atom stereocenters. The molecule has 0 aromatic heterocycles. The largest absolute Gasteiger partial charge is 0.395 e. The van der Waals surface area contributed by atoms with Crippen molar-refractivity contribution in [3.8, 4) is 0 Å². The molecule has 1 fully saturated rings. The van der Waals surface area contributed by atoms with Crippen LogP contribution in [0.5, 0.6) is 0 Å². The number of β-amino-alcohol motifs (C(OH)–C–C–N with tert-alkyl or cyclic N) is 1. The van der Waals surface area contributed by atoms with Gasteiger partial charge in [-0.2, -0.15) is 0 Å². The molecule has 1 saturated heterocycles. The third-order valence-electron chi connectivity index (χ3n) is 4.82. The molecule has 0 saturated carbocycles. The van der Waals surface area contributed by atoms with Gasteiger partial charge in [-0.25, -0.2) is 0 Å². The number of aliphatic hydroxyl groups excluding tert-OH is 1.